The van der Waals surface area contributed by atoms with Crippen LogP contribution < -0.4 is 0 Å². The number of rotatable bonds is 2. The molecule has 2 heteroatoms. The van der Waals surface area contributed by atoms with Crippen LogP contribution in [-0.2, 0) is 0 Å². The zero-order chi connectivity index (χ0) is 8.27. The van der Waals surface area contributed by atoms with Gasteiger partial charge in [0, 0.05) is 6.61 Å². The second-order valence-electron chi connectivity index (χ2n) is 3.76. The van der Waals surface area contributed by atoms with E-state index in [1.54, 1.807) is 0 Å². The molecular weight excluding hydrogens is 140 g/mol. The van der Waals surface area contributed by atoms with Crippen LogP contribution in [-0.4, -0.2) is 22.9 Å². The molecule has 0 saturated heterocycles. The van der Waals surface area contributed by atoms with Gasteiger partial charge < -0.3 is 10.2 Å². The summed E-state index contributed by atoms with van der Waals surface area (Å²) in [5.41, 5.74) is 0. The fourth-order valence-electron chi connectivity index (χ4n) is 1.92. The van der Waals surface area contributed by atoms with Gasteiger partial charge in [0.05, 0.1) is 6.10 Å². The highest BCUT2D eigenvalue weighted by atomic mass is 16.3. The summed E-state index contributed by atoms with van der Waals surface area (Å²) < 4.78 is 0. The van der Waals surface area contributed by atoms with Crippen LogP contribution >= 0.6 is 0 Å². The lowest BCUT2D eigenvalue weighted by atomic mass is 9.79. The molecule has 0 radical (unpaired) electrons. The molecule has 0 aromatic rings. The maximum Gasteiger partial charge on any atom is 0.0571 e. The Bertz CT molecular complexity index is 114. The first kappa shape index (κ1) is 9.01. The van der Waals surface area contributed by atoms with Gasteiger partial charge in [-0.1, -0.05) is 13.3 Å². The summed E-state index contributed by atoms with van der Waals surface area (Å²) in [6.45, 7) is 2.40. The predicted molar refractivity (Wildman–Crippen MR) is 44.2 cm³/mol. The molecule has 0 spiro atoms. The van der Waals surface area contributed by atoms with Crippen LogP contribution in [0.3, 0.4) is 0 Å². The number of aliphatic hydroxyl groups is 2. The van der Waals surface area contributed by atoms with E-state index in [4.69, 9.17) is 5.11 Å². The van der Waals surface area contributed by atoms with Crippen LogP contribution in [0.1, 0.15) is 32.6 Å². The van der Waals surface area contributed by atoms with Crippen molar-refractivity contribution in [1.82, 2.24) is 0 Å². The molecule has 66 valence electrons. The maximum atomic E-state index is 9.56. The Morgan fingerprint density at radius 1 is 1.36 bits per heavy atom. The molecule has 1 aliphatic rings. The van der Waals surface area contributed by atoms with Gasteiger partial charge in [0.1, 0.15) is 0 Å². The van der Waals surface area contributed by atoms with E-state index in [-0.39, 0.29) is 12.7 Å². The molecule has 0 aliphatic heterocycles. The third-order valence-electron chi connectivity index (χ3n) is 2.72. The fraction of sp³-hybridized carbons (Fsp3) is 1.00. The molecule has 2 nitrogen and oxygen atoms in total. The first-order valence-electron chi connectivity index (χ1n) is 4.53. The van der Waals surface area contributed by atoms with Gasteiger partial charge in [-0.05, 0) is 31.1 Å². The molecule has 3 unspecified atom stereocenters. The quantitative estimate of drug-likeness (QED) is 0.633. The van der Waals surface area contributed by atoms with E-state index >= 15 is 0 Å². The molecule has 0 amide bonds. The average Bonchev–Trinajstić information content (AvgIpc) is 1.95. The van der Waals surface area contributed by atoms with Crippen molar-refractivity contribution in [3.8, 4) is 0 Å². The van der Waals surface area contributed by atoms with Crippen LogP contribution in [0.4, 0.5) is 0 Å². The van der Waals surface area contributed by atoms with Crippen LogP contribution in [0.5, 0.6) is 0 Å². The second-order valence-corrected chi connectivity index (χ2v) is 3.76. The third-order valence-corrected chi connectivity index (χ3v) is 2.72. The van der Waals surface area contributed by atoms with Gasteiger partial charge in [-0.25, -0.2) is 0 Å². The van der Waals surface area contributed by atoms with Crippen molar-refractivity contribution < 1.29 is 10.2 Å². The van der Waals surface area contributed by atoms with Crippen molar-refractivity contribution in [1.29, 1.82) is 0 Å². The van der Waals surface area contributed by atoms with Gasteiger partial charge in [-0.15, -0.1) is 0 Å². The SMILES string of the molecule is CC1CCC(CCO)C(O)C1. The molecule has 1 aliphatic carbocycles. The predicted octanol–water partition coefficient (Wildman–Crippen LogP) is 1.17. The number of hydrogen-bond acceptors (Lipinski definition) is 2. The monoisotopic (exact) mass is 158 g/mol. The maximum absolute atomic E-state index is 9.56. The van der Waals surface area contributed by atoms with E-state index in [9.17, 15) is 5.11 Å². The minimum atomic E-state index is -0.161. The lowest BCUT2D eigenvalue weighted by Gasteiger charge is -2.30. The lowest BCUT2D eigenvalue weighted by molar-refractivity contribution is 0.0361. The fourth-order valence-corrected chi connectivity index (χ4v) is 1.92. The molecule has 0 aromatic heterocycles. The summed E-state index contributed by atoms with van der Waals surface area (Å²) >= 11 is 0. The second kappa shape index (κ2) is 4.07. The summed E-state index contributed by atoms with van der Waals surface area (Å²) in [6.07, 6.45) is 3.83. The number of hydrogen-bond donors (Lipinski definition) is 2. The third kappa shape index (κ3) is 2.46. The van der Waals surface area contributed by atoms with Crippen LogP contribution in [0.15, 0.2) is 0 Å². The van der Waals surface area contributed by atoms with Crippen LogP contribution in [0.2, 0.25) is 0 Å². The summed E-state index contributed by atoms with van der Waals surface area (Å²) in [5, 5.41) is 18.3. The molecule has 3 atom stereocenters. The highest BCUT2D eigenvalue weighted by Crippen LogP contribution is 2.30. The molecule has 2 N–H and O–H groups in total. The lowest BCUT2D eigenvalue weighted by Crippen LogP contribution is -2.28. The van der Waals surface area contributed by atoms with Gasteiger partial charge in [-0.2, -0.15) is 0 Å². The van der Waals surface area contributed by atoms with Gasteiger partial charge in [-0.3, -0.25) is 0 Å². The van der Waals surface area contributed by atoms with E-state index in [2.05, 4.69) is 6.92 Å². The molecule has 1 rings (SSSR count). The van der Waals surface area contributed by atoms with Crippen molar-refractivity contribution in [3.63, 3.8) is 0 Å². The Kier molecular flexibility index (Phi) is 3.34. The molecule has 0 aromatic carbocycles. The number of aliphatic hydroxyl groups excluding tert-OH is 2. The normalized spacial score (nSPS) is 39.0. The van der Waals surface area contributed by atoms with Gasteiger partial charge in [0.15, 0.2) is 0 Å². The highest BCUT2D eigenvalue weighted by molar-refractivity contribution is 4.77. The largest absolute Gasteiger partial charge is 0.396 e. The average molecular weight is 158 g/mol. The summed E-state index contributed by atoms with van der Waals surface area (Å²) in [5.74, 6) is 1.02. The molecule has 0 heterocycles. The first-order chi connectivity index (χ1) is 5.24. The summed E-state index contributed by atoms with van der Waals surface area (Å²) in [6, 6.07) is 0. The Balaban J connectivity index is 2.31. The van der Waals surface area contributed by atoms with Gasteiger partial charge >= 0.3 is 0 Å². The van der Waals surface area contributed by atoms with Crippen LogP contribution in [0.25, 0.3) is 0 Å². The minimum Gasteiger partial charge on any atom is -0.396 e. The minimum absolute atomic E-state index is 0.161. The molecule has 11 heavy (non-hydrogen) atoms. The van der Waals surface area contributed by atoms with Crippen molar-refractivity contribution in [3.05, 3.63) is 0 Å². The molecule has 0 bridgehead atoms. The van der Waals surface area contributed by atoms with Gasteiger partial charge in [0.2, 0.25) is 0 Å². The van der Waals surface area contributed by atoms with E-state index in [1.807, 2.05) is 0 Å². The van der Waals surface area contributed by atoms with Crippen molar-refractivity contribution in [2.45, 2.75) is 38.7 Å². The topological polar surface area (TPSA) is 40.5 Å². The smallest absolute Gasteiger partial charge is 0.0571 e. The van der Waals surface area contributed by atoms with Crippen molar-refractivity contribution in [2.24, 2.45) is 11.8 Å². The molecule has 1 saturated carbocycles. The highest BCUT2D eigenvalue weighted by Gasteiger charge is 2.25. The Morgan fingerprint density at radius 3 is 2.64 bits per heavy atom. The zero-order valence-corrected chi connectivity index (χ0v) is 7.16. The first-order valence-corrected chi connectivity index (χ1v) is 4.53. The van der Waals surface area contributed by atoms with Gasteiger partial charge in [0.25, 0.3) is 0 Å². The Morgan fingerprint density at radius 2 is 2.09 bits per heavy atom. The van der Waals surface area contributed by atoms with E-state index < -0.39 is 0 Å². The Labute approximate surface area is 68.2 Å². The summed E-state index contributed by atoms with van der Waals surface area (Å²) in [7, 11) is 0. The van der Waals surface area contributed by atoms with Crippen molar-refractivity contribution >= 4 is 0 Å². The van der Waals surface area contributed by atoms with E-state index in [0.29, 0.717) is 11.8 Å². The Hall–Kier alpha value is -0.0800. The van der Waals surface area contributed by atoms with E-state index in [1.165, 1.54) is 6.42 Å². The van der Waals surface area contributed by atoms with E-state index in [0.717, 1.165) is 19.3 Å². The van der Waals surface area contributed by atoms with Crippen LogP contribution in [0, 0.1) is 11.8 Å². The summed E-state index contributed by atoms with van der Waals surface area (Å²) in [4.78, 5) is 0. The molecular formula is C9H18O2. The standard InChI is InChI=1S/C9H18O2/c1-7-2-3-8(4-5-10)9(11)6-7/h7-11H,2-6H2,1H3. The molecule has 1 fully saturated rings. The zero-order valence-electron chi connectivity index (χ0n) is 7.16. The van der Waals surface area contributed by atoms with Crippen molar-refractivity contribution in [2.75, 3.05) is 6.61 Å².